The predicted molar refractivity (Wildman–Crippen MR) is 83.0 cm³/mol. The second-order valence-electron chi connectivity index (χ2n) is 4.66. The quantitative estimate of drug-likeness (QED) is 0.777. The zero-order valence-electron chi connectivity index (χ0n) is 12.3. The summed E-state index contributed by atoms with van der Waals surface area (Å²) in [5, 5.41) is 7.11. The van der Waals surface area contributed by atoms with Crippen LogP contribution in [0.5, 0.6) is 5.75 Å². The number of aromatic nitrogens is 3. The number of fused-ring (bicyclic) bond motifs is 1. The van der Waals surface area contributed by atoms with Crippen LogP contribution in [0.4, 0.5) is 24.0 Å². The maximum atomic E-state index is 12.7. The highest BCUT2D eigenvalue weighted by atomic mass is 32.1. The fraction of sp³-hybridized carbons (Fsp3) is 0.214. The van der Waals surface area contributed by atoms with E-state index in [2.05, 4.69) is 15.4 Å². The van der Waals surface area contributed by atoms with E-state index < -0.39 is 17.4 Å². The monoisotopic (exact) mass is 356 g/mol. The third-order valence-electron chi connectivity index (χ3n) is 2.95. The van der Waals surface area contributed by atoms with Crippen LogP contribution in [-0.4, -0.2) is 21.2 Å². The lowest BCUT2D eigenvalue weighted by atomic mass is 10.3. The van der Waals surface area contributed by atoms with Gasteiger partial charge in [0.2, 0.25) is 10.1 Å². The minimum Gasteiger partial charge on any atom is -0.494 e. The molecule has 2 aromatic heterocycles. The lowest BCUT2D eigenvalue weighted by Gasteiger charge is -2.04. The summed E-state index contributed by atoms with van der Waals surface area (Å²) in [5.74, 6) is 0.694. The average molecular weight is 356 g/mol. The Labute approximate surface area is 137 Å². The molecule has 0 spiro atoms. The van der Waals surface area contributed by atoms with Crippen molar-refractivity contribution in [1.82, 2.24) is 14.6 Å². The molecular weight excluding hydrogens is 345 g/mol. The number of rotatable bonds is 4. The maximum Gasteiger partial charge on any atom is 0.433 e. The summed E-state index contributed by atoms with van der Waals surface area (Å²) in [6.45, 7) is 2.41. The molecule has 0 aliphatic carbocycles. The van der Waals surface area contributed by atoms with Crippen molar-refractivity contribution in [3.8, 4) is 5.75 Å². The molecule has 2 heterocycles. The number of halogens is 3. The molecule has 1 aromatic carbocycles. The van der Waals surface area contributed by atoms with E-state index in [1.807, 2.05) is 6.92 Å². The SMILES string of the molecule is CCOc1ccc(Nc2nn3c(=O)cc(C(F)(F)F)nc3s2)cc1. The highest BCUT2D eigenvalue weighted by Crippen LogP contribution is 2.29. The van der Waals surface area contributed by atoms with Crippen LogP contribution in [-0.2, 0) is 6.18 Å². The lowest BCUT2D eigenvalue weighted by Crippen LogP contribution is -2.19. The van der Waals surface area contributed by atoms with Gasteiger partial charge in [-0.1, -0.05) is 11.3 Å². The largest absolute Gasteiger partial charge is 0.494 e. The van der Waals surface area contributed by atoms with Gasteiger partial charge >= 0.3 is 6.18 Å². The van der Waals surface area contributed by atoms with E-state index in [0.29, 0.717) is 24.1 Å². The molecule has 3 aromatic rings. The Morgan fingerprint density at radius 1 is 1.29 bits per heavy atom. The van der Waals surface area contributed by atoms with Crippen molar-refractivity contribution in [3.63, 3.8) is 0 Å². The van der Waals surface area contributed by atoms with E-state index in [1.165, 1.54) is 0 Å². The zero-order chi connectivity index (χ0) is 17.3. The third kappa shape index (κ3) is 3.32. The normalized spacial score (nSPS) is 11.7. The van der Waals surface area contributed by atoms with Gasteiger partial charge in [-0.05, 0) is 31.2 Å². The fourth-order valence-corrected chi connectivity index (χ4v) is 2.76. The number of hydrogen-bond acceptors (Lipinski definition) is 6. The molecule has 0 saturated carbocycles. The van der Waals surface area contributed by atoms with Crippen molar-refractivity contribution < 1.29 is 17.9 Å². The lowest BCUT2D eigenvalue weighted by molar-refractivity contribution is -0.141. The molecule has 0 bridgehead atoms. The van der Waals surface area contributed by atoms with Gasteiger partial charge in [-0.25, -0.2) is 4.98 Å². The first kappa shape index (κ1) is 16.2. The summed E-state index contributed by atoms with van der Waals surface area (Å²) in [4.78, 5) is 15.1. The first-order chi connectivity index (χ1) is 11.4. The van der Waals surface area contributed by atoms with Gasteiger partial charge in [-0.2, -0.15) is 17.7 Å². The summed E-state index contributed by atoms with van der Waals surface area (Å²) in [5.41, 5.74) is -1.46. The minimum atomic E-state index is -4.68. The molecule has 0 aliphatic heterocycles. The molecule has 0 fully saturated rings. The Morgan fingerprint density at radius 2 is 2.00 bits per heavy atom. The van der Waals surface area contributed by atoms with Crippen molar-refractivity contribution in [2.45, 2.75) is 13.1 Å². The first-order valence-electron chi connectivity index (χ1n) is 6.85. The Balaban J connectivity index is 1.90. The van der Waals surface area contributed by atoms with Gasteiger partial charge in [0.15, 0.2) is 5.69 Å². The summed E-state index contributed by atoms with van der Waals surface area (Å²) < 4.78 is 44.2. The molecule has 0 aliphatic rings. The van der Waals surface area contributed by atoms with Gasteiger partial charge in [-0.15, -0.1) is 5.10 Å². The van der Waals surface area contributed by atoms with E-state index in [9.17, 15) is 18.0 Å². The Morgan fingerprint density at radius 3 is 2.62 bits per heavy atom. The number of anilines is 2. The molecule has 0 atom stereocenters. The van der Waals surface area contributed by atoms with Gasteiger partial charge in [0.1, 0.15) is 5.75 Å². The highest BCUT2D eigenvalue weighted by molar-refractivity contribution is 7.20. The van der Waals surface area contributed by atoms with E-state index in [0.717, 1.165) is 15.9 Å². The molecular formula is C14H11F3N4O2S. The van der Waals surface area contributed by atoms with Gasteiger partial charge in [0.25, 0.3) is 5.56 Å². The van der Waals surface area contributed by atoms with Gasteiger partial charge < -0.3 is 10.1 Å². The molecule has 0 saturated heterocycles. The summed E-state index contributed by atoms with van der Waals surface area (Å²) >= 11 is 0.849. The summed E-state index contributed by atoms with van der Waals surface area (Å²) in [6.07, 6.45) is -4.68. The number of nitrogens with one attached hydrogen (secondary N) is 1. The number of alkyl halides is 3. The Hall–Kier alpha value is -2.62. The molecule has 0 unspecified atom stereocenters. The van der Waals surface area contributed by atoms with E-state index in [4.69, 9.17) is 4.74 Å². The van der Waals surface area contributed by atoms with Crippen molar-refractivity contribution in [2.75, 3.05) is 11.9 Å². The highest BCUT2D eigenvalue weighted by Gasteiger charge is 2.33. The number of nitrogens with zero attached hydrogens (tertiary/aromatic N) is 3. The molecule has 3 rings (SSSR count). The van der Waals surface area contributed by atoms with Crippen molar-refractivity contribution in [2.24, 2.45) is 0 Å². The van der Waals surface area contributed by atoms with Gasteiger partial charge in [-0.3, -0.25) is 4.79 Å². The van der Waals surface area contributed by atoms with Crippen LogP contribution in [0.2, 0.25) is 0 Å². The topological polar surface area (TPSA) is 68.5 Å². The molecule has 0 amide bonds. The van der Waals surface area contributed by atoms with Gasteiger partial charge in [0, 0.05) is 11.8 Å². The number of benzene rings is 1. The molecule has 24 heavy (non-hydrogen) atoms. The second kappa shape index (κ2) is 6.11. The van der Waals surface area contributed by atoms with Crippen LogP contribution < -0.4 is 15.6 Å². The number of ether oxygens (including phenoxy) is 1. The molecule has 6 nitrogen and oxygen atoms in total. The predicted octanol–water partition coefficient (Wildman–Crippen LogP) is 3.31. The standard InChI is InChI=1S/C14H11F3N4O2S/c1-2-23-9-5-3-8(4-6-9)18-12-20-21-11(22)7-10(14(15,16)17)19-13(21)24-12/h3-7H,2H2,1H3,(H,18,20). The minimum absolute atomic E-state index is 0.136. The smallest absolute Gasteiger partial charge is 0.433 e. The molecule has 0 radical (unpaired) electrons. The molecule has 1 N–H and O–H groups in total. The summed E-state index contributed by atoms with van der Waals surface area (Å²) in [6, 6.07) is 7.37. The molecule has 126 valence electrons. The van der Waals surface area contributed by atoms with Crippen LogP contribution in [0.15, 0.2) is 35.1 Å². The Kier molecular flexibility index (Phi) is 4.14. The van der Waals surface area contributed by atoms with Crippen LogP contribution >= 0.6 is 11.3 Å². The van der Waals surface area contributed by atoms with E-state index >= 15 is 0 Å². The summed E-state index contributed by atoms with van der Waals surface area (Å²) in [7, 11) is 0. The van der Waals surface area contributed by atoms with Crippen LogP contribution in [0.1, 0.15) is 12.6 Å². The second-order valence-corrected chi connectivity index (χ2v) is 5.62. The third-order valence-corrected chi connectivity index (χ3v) is 3.78. The fourth-order valence-electron chi connectivity index (χ4n) is 1.93. The van der Waals surface area contributed by atoms with Crippen LogP contribution in [0, 0.1) is 0 Å². The molecule has 10 heteroatoms. The first-order valence-corrected chi connectivity index (χ1v) is 7.66. The van der Waals surface area contributed by atoms with E-state index in [-0.39, 0.29) is 10.1 Å². The van der Waals surface area contributed by atoms with E-state index in [1.54, 1.807) is 24.3 Å². The van der Waals surface area contributed by atoms with Crippen molar-refractivity contribution in [3.05, 3.63) is 46.4 Å². The van der Waals surface area contributed by atoms with Crippen LogP contribution in [0.25, 0.3) is 4.96 Å². The van der Waals surface area contributed by atoms with Crippen LogP contribution in [0.3, 0.4) is 0 Å². The van der Waals surface area contributed by atoms with Gasteiger partial charge in [0.05, 0.1) is 6.61 Å². The average Bonchev–Trinajstić information content (AvgIpc) is 2.92. The zero-order valence-corrected chi connectivity index (χ0v) is 13.1. The van der Waals surface area contributed by atoms with Crippen molar-refractivity contribution >= 4 is 27.1 Å². The van der Waals surface area contributed by atoms with Crippen molar-refractivity contribution in [1.29, 1.82) is 0 Å². The number of hydrogen-bond donors (Lipinski definition) is 1. The Bertz CT molecular complexity index is 918. The maximum absolute atomic E-state index is 12.7.